The quantitative estimate of drug-likeness (QED) is 0.904. The topological polar surface area (TPSA) is 50.1 Å². The first kappa shape index (κ1) is 13.3. The SMILES string of the molecule is OCCn1c(CC2CC3CCC(C2)N3)nc2ccccc21. The van der Waals surface area contributed by atoms with E-state index in [1.165, 1.54) is 25.7 Å². The Bertz CT molecular complexity index is 624. The van der Waals surface area contributed by atoms with Gasteiger partial charge >= 0.3 is 0 Å². The molecule has 0 aliphatic carbocycles. The van der Waals surface area contributed by atoms with E-state index in [4.69, 9.17) is 4.98 Å². The molecule has 2 bridgehead atoms. The molecule has 2 aliphatic rings. The Morgan fingerprint density at radius 3 is 2.71 bits per heavy atom. The second-order valence-electron chi connectivity index (χ2n) is 6.57. The largest absolute Gasteiger partial charge is 0.395 e. The number of hydrogen-bond acceptors (Lipinski definition) is 3. The zero-order valence-corrected chi connectivity index (χ0v) is 12.3. The number of imidazole rings is 1. The smallest absolute Gasteiger partial charge is 0.110 e. The van der Waals surface area contributed by atoms with Gasteiger partial charge in [0, 0.05) is 25.0 Å². The lowest BCUT2D eigenvalue weighted by atomic mass is 9.89. The zero-order chi connectivity index (χ0) is 14.2. The van der Waals surface area contributed by atoms with Gasteiger partial charge in [0.05, 0.1) is 17.6 Å². The summed E-state index contributed by atoms with van der Waals surface area (Å²) < 4.78 is 2.21. The Morgan fingerprint density at radius 2 is 1.95 bits per heavy atom. The summed E-state index contributed by atoms with van der Waals surface area (Å²) in [6.45, 7) is 0.818. The maximum atomic E-state index is 9.36. The number of benzene rings is 1. The molecule has 2 aliphatic heterocycles. The maximum Gasteiger partial charge on any atom is 0.110 e. The highest BCUT2D eigenvalue weighted by molar-refractivity contribution is 5.75. The molecule has 0 spiro atoms. The number of fused-ring (bicyclic) bond motifs is 3. The maximum absolute atomic E-state index is 9.36. The zero-order valence-electron chi connectivity index (χ0n) is 12.3. The molecule has 2 N–H and O–H groups in total. The average Bonchev–Trinajstić information content (AvgIpc) is 3.00. The van der Waals surface area contributed by atoms with Crippen LogP contribution in [0.4, 0.5) is 0 Å². The van der Waals surface area contributed by atoms with Gasteiger partial charge in [-0.2, -0.15) is 0 Å². The number of hydrogen-bond donors (Lipinski definition) is 2. The van der Waals surface area contributed by atoms with Crippen molar-refractivity contribution in [3.8, 4) is 0 Å². The molecule has 0 amide bonds. The van der Waals surface area contributed by atoms with Gasteiger partial charge < -0.3 is 15.0 Å². The number of nitrogens with zero attached hydrogens (tertiary/aromatic N) is 2. The molecule has 1 aromatic heterocycles. The molecule has 4 nitrogen and oxygen atoms in total. The molecule has 2 atom stereocenters. The molecule has 0 radical (unpaired) electrons. The molecule has 3 heterocycles. The molecule has 2 aromatic rings. The normalized spacial score (nSPS) is 28.3. The van der Waals surface area contributed by atoms with E-state index >= 15 is 0 Å². The third kappa shape index (κ3) is 2.47. The summed E-state index contributed by atoms with van der Waals surface area (Å²) in [5, 5.41) is 13.1. The van der Waals surface area contributed by atoms with Gasteiger partial charge in [-0.15, -0.1) is 0 Å². The summed E-state index contributed by atoms with van der Waals surface area (Å²) in [7, 11) is 0. The fraction of sp³-hybridized carbons (Fsp3) is 0.588. The molecule has 2 fully saturated rings. The molecule has 1 aromatic carbocycles. The van der Waals surface area contributed by atoms with Gasteiger partial charge in [-0.1, -0.05) is 12.1 Å². The first-order valence-corrected chi connectivity index (χ1v) is 8.14. The number of aromatic nitrogens is 2. The first-order chi connectivity index (χ1) is 10.3. The van der Waals surface area contributed by atoms with Crippen molar-refractivity contribution in [1.29, 1.82) is 0 Å². The Labute approximate surface area is 125 Å². The minimum absolute atomic E-state index is 0.171. The van der Waals surface area contributed by atoms with E-state index in [0.717, 1.165) is 41.3 Å². The van der Waals surface area contributed by atoms with Gasteiger partial charge in [0.25, 0.3) is 0 Å². The van der Waals surface area contributed by atoms with Crippen molar-refractivity contribution in [2.45, 2.75) is 50.7 Å². The lowest BCUT2D eigenvalue weighted by molar-refractivity contribution is 0.268. The Morgan fingerprint density at radius 1 is 1.19 bits per heavy atom. The van der Waals surface area contributed by atoms with Crippen LogP contribution in [0.15, 0.2) is 24.3 Å². The Balaban J connectivity index is 1.61. The minimum atomic E-state index is 0.171. The fourth-order valence-corrected chi connectivity index (χ4v) is 4.23. The number of rotatable bonds is 4. The van der Waals surface area contributed by atoms with E-state index < -0.39 is 0 Å². The van der Waals surface area contributed by atoms with Crippen LogP contribution < -0.4 is 5.32 Å². The molecular formula is C17H23N3O. The number of aliphatic hydroxyl groups is 1. The minimum Gasteiger partial charge on any atom is -0.395 e. The predicted octanol–water partition coefficient (Wildman–Crippen LogP) is 2.10. The van der Waals surface area contributed by atoms with Gasteiger partial charge in [-0.3, -0.25) is 0 Å². The highest BCUT2D eigenvalue weighted by atomic mass is 16.3. The van der Waals surface area contributed by atoms with E-state index in [1.807, 2.05) is 12.1 Å². The van der Waals surface area contributed by atoms with E-state index in [0.29, 0.717) is 6.54 Å². The van der Waals surface area contributed by atoms with Crippen molar-refractivity contribution in [3.05, 3.63) is 30.1 Å². The van der Waals surface area contributed by atoms with Crippen LogP contribution in [0.5, 0.6) is 0 Å². The molecule has 4 heteroatoms. The third-order valence-electron chi connectivity index (χ3n) is 5.10. The van der Waals surface area contributed by atoms with Gasteiger partial charge in [-0.05, 0) is 43.7 Å². The van der Waals surface area contributed by atoms with Crippen LogP contribution in [0.2, 0.25) is 0 Å². The van der Waals surface area contributed by atoms with E-state index in [1.54, 1.807) is 0 Å². The molecule has 4 rings (SSSR count). The summed E-state index contributed by atoms with van der Waals surface area (Å²) in [6, 6.07) is 9.71. The molecule has 21 heavy (non-hydrogen) atoms. The van der Waals surface area contributed by atoms with Crippen LogP contribution in [0.1, 0.15) is 31.5 Å². The van der Waals surface area contributed by atoms with Crippen molar-refractivity contribution in [3.63, 3.8) is 0 Å². The highest BCUT2D eigenvalue weighted by Gasteiger charge is 2.34. The second-order valence-corrected chi connectivity index (χ2v) is 6.57. The van der Waals surface area contributed by atoms with Crippen molar-refractivity contribution >= 4 is 11.0 Å². The first-order valence-electron chi connectivity index (χ1n) is 8.14. The van der Waals surface area contributed by atoms with Gasteiger partial charge in [0.15, 0.2) is 0 Å². The van der Waals surface area contributed by atoms with Crippen LogP contribution in [0.3, 0.4) is 0 Å². The van der Waals surface area contributed by atoms with Gasteiger partial charge in [-0.25, -0.2) is 4.98 Å². The summed E-state index contributed by atoms with van der Waals surface area (Å²) in [6.07, 6.45) is 6.28. The van der Waals surface area contributed by atoms with Crippen LogP contribution in [-0.2, 0) is 13.0 Å². The fourth-order valence-electron chi connectivity index (χ4n) is 4.23. The van der Waals surface area contributed by atoms with Crippen LogP contribution in [0, 0.1) is 5.92 Å². The van der Waals surface area contributed by atoms with Crippen LogP contribution >= 0.6 is 0 Å². The second kappa shape index (κ2) is 5.43. The van der Waals surface area contributed by atoms with E-state index in [-0.39, 0.29) is 6.61 Å². The van der Waals surface area contributed by atoms with Gasteiger partial charge in [0.1, 0.15) is 5.82 Å². The van der Waals surface area contributed by atoms with E-state index in [9.17, 15) is 5.11 Å². The van der Waals surface area contributed by atoms with Crippen LogP contribution in [-0.4, -0.2) is 33.3 Å². The van der Waals surface area contributed by atoms with Crippen molar-refractivity contribution in [2.24, 2.45) is 5.92 Å². The number of aliphatic hydroxyl groups excluding tert-OH is 1. The van der Waals surface area contributed by atoms with Crippen molar-refractivity contribution in [2.75, 3.05) is 6.61 Å². The average molecular weight is 285 g/mol. The van der Waals surface area contributed by atoms with Crippen LogP contribution in [0.25, 0.3) is 11.0 Å². The molecular weight excluding hydrogens is 262 g/mol. The number of para-hydroxylation sites is 2. The lowest BCUT2D eigenvalue weighted by Crippen LogP contribution is -2.38. The predicted molar refractivity (Wildman–Crippen MR) is 83.2 cm³/mol. The third-order valence-corrected chi connectivity index (χ3v) is 5.10. The monoisotopic (exact) mass is 285 g/mol. The van der Waals surface area contributed by atoms with E-state index in [2.05, 4.69) is 22.0 Å². The lowest BCUT2D eigenvalue weighted by Gasteiger charge is -2.29. The van der Waals surface area contributed by atoms with Gasteiger partial charge in [0.2, 0.25) is 0 Å². The van der Waals surface area contributed by atoms with Crippen molar-refractivity contribution in [1.82, 2.24) is 14.9 Å². The van der Waals surface area contributed by atoms with Crippen molar-refractivity contribution < 1.29 is 5.11 Å². The summed E-state index contributed by atoms with van der Waals surface area (Å²) in [4.78, 5) is 4.83. The Kier molecular flexibility index (Phi) is 3.43. The highest BCUT2D eigenvalue weighted by Crippen LogP contribution is 2.33. The summed E-state index contributed by atoms with van der Waals surface area (Å²) >= 11 is 0. The summed E-state index contributed by atoms with van der Waals surface area (Å²) in [5.41, 5.74) is 2.20. The summed E-state index contributed by atoms with van der Waals surface area (Å²) in [5.74, 6) is 1.88. The Hall–Kier alpha value is -1.39. The number of nitrogens with one attached hydrogen (secondary N) is 1. The molecule has 2 unspecified atom stereocenters. The molecule has 2 saturated heterocycles. The standard InChI is InChI=1S/C17H23N3O/c21-8-7-20-16-4-2-1-3-15(16)19-17(20)11-12-9-13-5-6-14(10-12)18-13/h1-4,12-14,18,21H,5-11H2. The molecule has 0 saturated carbocycles. The number of piperidine rings is 1. The molecule has 112 valence electrons.